The number of carbonyl (C=O) groups excluding carboxylic acids is 1. The molecule has 6 heteroatoms. The highest BCUT2D eigenvalue weighted by Gasteiger charge is 2.26. The van der Waals surface area contributed by atoms with Crippen LogP contribution in [0.15, 0.2) is 60.1 Å². The zero-order chi connectivity index (χ0) is 18.7. The van der Waals surface area contributed by atoms with Gasteiger partial charge in [0.2, 0.25) is 0 Å². The third-order valence-electron chi connectivity index (χ3n) is 4.00. The van der Waals surface area contributed by atoms with E-state index in [4.69, 9.17) is 4.98 Å². The fourth-order valence-corrected chi connectivity index (χ4v) is 3.63. The lowest BCUT2D eigenvalue weighted by Gasteiger charge is -2.18. The molecule has 0 radical (unpaired) electrons. The Morgan fingerprint density at radius 3 is 2.46 bits per heavy atom. The van der Waals surface area contributed by atoms with Crippen molar-refractivity contribution < 1.29 is 9.52 Å². The highest BCUT2D eigenvalue weighted by molar-refractivity contribution is 7.09. The molecule has 0 aliphatic heterocycles. The van der Waals surface area contributed by atoms with Gasteiger partial charge in [-0.2, -0.15) is 4.73 Å². The summed E-state index contributed by atoms with van der Waals surface area (Å²) in [6.45, 7) is 6.31. The molecule has 1 amide bonds. The van der Waals surface area contributed by atoms with Crippen molar-refractivity contribution in [1.29, 1.82) is 0 Å². The molecule has 0 spiro atoms. The number of aromatic nitrogens is 2. The van der Waals surface area contributed by atoms with Crippen LogP contribution in [0.1, 0.15) is 53.6 Å². The second kappa shape index (κ2) is 7.25. The maximum atomic E-state index is 12.7. The van der Waals surface area contributed by atoms with E-state index in [0.29, 0.717) is 4.73 Å². The fourth-order valence-electron chi connectivity index (χ4n) is 2.51. The van der Waals surface area contributed by atoms with Crippen LogP contribution >= 0.6 is 11.3 Å². The summed E-state index contributed by atoms with van der Waals surface area (Å²) >= 11 is 1.51. The number of thiazole rings is 1. The molecular formula is C20H21N3O2S. The van der Waals surface area contributed by atoms with E-state index in [-0.39, 0.29) is 11.1 Å². The topological polar surface area (TPSA) is 68.9 Å². The van der Waals surface area contributed by atoms with Gasteiger partial charge in [0, 0.05) is 22.9 Å². The van der Waals surface area contributed by atoms with E-state index in [1.54, 1.807) is 12.1 Å². The average molecular weight is 367 g/mol. The molecule has 0 unspecified atom stereocenters. The van der Waals surface area contributed by atoms with Gasteiger partial charge in [0.25, 0.3) is 5.69 Å². The second-order valence-corrected chi connectivity index (χ2v) is 7.94. The second-order valence-electron chi connectivity index (χ2n) is 7.05. The van der Waals surface area contributed by atoms with E-state index in [2.05, 4.69) is 26.1 Å². The minimum atomic E-state index is -0.429. The van der Waals surface area contributed by atoms with Crippen LogP contribution in [0.4, 0.5) is 0 Å². The molecule has 5 nitrogen and oxygen atoms in total. The quantitative estimate of drug-likeness (QED) is 0.566. The number of hydrogen-bond donors (Lipinski definition) is 1. The minimum Gasteiger partial charge on any atom is -0.618 e. The smallest absolute Gasteiger partial charge is 0.318 e. The van der Waals surface area contributed by atoms with Crippen LogP contribution < -0.4 is 10.0 Å². The lowest BCUT2D eigenvalue weighted by molar-refractivity contribution is -0.607. The number of hydrogen-bond acceptors (Lipinski definition) is 4. The summed E-state index contributed by atoms with van der Waals surface area (Å²) in [7, 11) is 0. The SMILES string of the molecule is CC(C)(C)c1csc([C@H](NC(=O)c2cccc[n+]2[O-])c2ccccc2)n1. The van der Waals surface area contributed by atoms with Crippen molar-refractivity contribution in [1.82, 2.24) is 10.3 Å². The third-order valence-corrected chi connectivity index (χ3v) is 4.91. The molecule has 3 aromatic rings. The van der Waals surface area contributed by atoms with E-state index in [1.165, 1.54) is 23.6 Å². The molecule has 1 atom stereocenters. The van der Waals surface area contributed by atoms with Gasteiger partial charge in [0.05, 0.1) is 5.69 Å². The monoisotopic (exact) mass is 367 g/mol. The Balaban J connectivity index is 1.96. The summed E-state index contributed by atoms with van der Waals surface area (Å²) in [4.78, 5) is 17.4. The Bertz CT molecular complexity index is 901. The molecule has 0 fully saturated rings. The van der Waals surface area contributed by atoms with Crippen molar-refractivity contribution in [3.8, 4) is 0 Å². The first kappa shape index (κ1) is 18.1. The lowest BCUT2D eigenvalue weighted by atomic mass is 9.93. The first-order valence-electron chi connectivity index (χ1n) is 8.36. The first-order valence-corrected chi connectivity index (χ1v) is 9.24. The van der Waals surface area contributed by atoms with Gasteiger partial charge in [0.1, 0.15) is 11.0 Å². The molecule has 0 aliphatic carbocycles. The van der Waals surface area contributed by atoms with Crippen molar-refractivity contribution in [2.75, 3.05) is 0 Å². The van der Waals surface area contributed by atoms with Crippen LogP contribution in [-0.4, -0.2) is 10.9 Å². The van der Waals surface area contributed by atoms with Gasteiger partial charge >= 0.3 is 5.91 Å². The molecule has 0 saturated heterocycles. The Hall–Kier alpha value is -2.73. The van der Waals surface area contributed by atoms with E-state index < -0.39 is 11.9 Å². The van der Waals surface area contributed by atoms with Crippen molar-refractivity contribution in [3.63, 3.8) is 0 Å². The first-order chi connectivity index (χ1) is 12.4. The number of carbonyl (C=O) groups is 1. The van der Waals surface area contributed by atoms with Gasteiger partial charge in [0.15, 0.2) is 6.20 Å². The zero-order valence-corrected chi connectivity index (χ0v) is 15.8. The largest absolute Gasteiger partial charge is 0.618 e. The molecule has 134 valence electrons. The van der Waals surface area contributed by atoms with E-state index in [9.17, 15) is 10.0 Å². The molecule has 3 rings (SSSR count). The standard InChI is InChI=1S/C20H21N3O2S/c1-20(2,3)16-13-26-19(21-16)17(14-9-5-4-6-10-14)22-18(24)15-11-7-8-12-23(15)25/h4-13,17H,1-3H3,(H,22,24)/t17-/m1/s1. The number of nitrogens with one attached hydrogen (secondary N) is 1. The average Bonchev–Trinajstić information content (AvgIpc) is 3.11. The minimum absolute atomic E-state index is 0.0565. The van der Waals surface area contributed by atoms with Gasteiger partial charge in [-0.05, 0) is 11.6 Å². The molecular weight excluding hydrogens is 346 g/mol. The van der Waals surface area contributed by atoms with Crippen LogP contribution in [0.25, 0.3) is 0 Å². The van der Waals surface area contributed by atoms with Gasteiger partial charge in [-0.3, -0.25) is 4.79 Å². The van der Waals surface area contributed by atoms with Crippen LogP contribution in [0.3, 0.4) is 0 Å². The number of rotatable bonds is 4. The van der Waals surface area contributed by atoms with Crippen LogP contribution in [0, 0.1) is 5.21 Å². The predicted molar refractivity (Wildman–Crippen MR) is 102 cm³/mol. The molecule has 1 aromatic carbocycles. The molecule has 2 aromatic heterocycles. The Kier molecular flexibility index (Phi) is 5.04. The number of benzene rings is 1. The molecule has 0 saturated carbocycles. The molecule has 0 bridgehead atoms. The molecule has 2 heterocycles. The molecule has 26 heavy (non-hydrogen) atoms. The summed E-state index contributed by atoms with van der Waals surface area (Å²) in [5.74, 6) is -0.429. The van der Waals surface area contributed by atoms with Crippen molar-refractivity contribution in [2.45, 2.75) is 32.2 Å². The van der Waals surface area contributed by atoms with Crippen molar-refractivity contribution >= 4 is 17.2 Å². The van der Waals surface area contributed by atoms with Crippen molar-refractivity contribution in [3.05, 3.63) is 87.3 Å². The maximum Gasteiger partial charge on any atom is 0.318 e. The number of nitrogens with zero attached hydrogens (tertiary/aromatic N) is 2. The summed E-state index contributed by atoms with van der Waals surface area (Å²) in [5, 5.41) is 17.7. The molecule has 1 N–H and O–H groups in total. The van der Waals surface area contributed by atoms with Gasteiger partial charge < -0.3 is 10.5 Å². The summed E-state index contributed by atoms with van der Waals surface area (Å²) in [5.41, 5.74) is 1.88. The van der Waals surface area contributed by atoms with Crippen LogP contribution in [0.2, 0.25) is 0 Å². The predicted octanol–water partition coefficient (Wildman–Crippen LogP) is 3.59. The van der Waals surface area contributed by atoms with Crippen LogP contribution in [0.5, 0.6) is 0 Å². The van der Waals surface area contributed by atoms with Crippen LogP contribution in [-0.2, 0) is 5.41 Å². The van der Waals surface area contributed by atoms with Gasteiger partial charge in [-0.15, -0.1) is 11.3 Å². The van der Waals surface area contributed by atoms with E-state index in [0.717, 1.165) is 16.3 Å². The van der Waals surface area contributed by atoms with E-state index in [1.807, 2.05) is 35.7 Å². The van der Waals surface area contributed by atoms with Gasteiger partial charge in [-0.25, -0.2) is 4.98 Å². The number of amides is 1. The maximum absolute atomic E-state index is 12.7. The Labute approximate surface area is 156 Å². The van der Waals surface area contributed by atoms with Gasteiger partial charge in [-0.1, -0.05) is 51.1 Å². The summed E-state index contributed by atoms with van der Waals surface area (Å²) in [6, 6.07) is 14.0. The van der Waals surface area contributed by atoms with E-state index >= 15 is 0 Å². The summed E-state index contributed by atoms with van der Waals surface area (Å²) in [6.07, 6.45) is 1.31. The highest BCUT2D eigenvalue weighted by atomic mass is 32.1. The lowest BCUT2D eigenvalue weighted by Crippen LogP contribution is -2.40. The van der Waals surface area contributed by atoms with Crippen molar-refractivity contribution in [2.24, 2.45) is 0 Å². The third kappa shape index (κ3) is 3.91. The zero-order valence-electron chi connectivity index (χ0n) is 15.0. The Morgan fingerprint density at radius 1 is 1.15 bits per heavy atom. The number of pyridine rings is 1. The fraction of sp³-hybridized carbons (Fsp3) is 0.250. The highest BCUT2D eigenvalue weighted by Crippen LogP contribution is 2.30. The molecule has 0 aliphatic rings. The Morgan fingerprint density at radius 2 is 1.85 bits per heavy atom. The normalized spacial score (nSPS) is 12.6. The summed E-state index contributed by atoms with van der Waals surface area (Å²) < 4.78 is 0.569.